The molecule has 2 atom stereocenters. The molecule has 1 aliphatic heterocycles. The van der Waals surface area contributed by atoms with E-state index in [-0.39, 0.29) is 25.4 Å². The summed E-state index contributed by atoms with van der Waals surface area (Å²) >= 11 is 0. The van der Waals surface area contributed by atoms with E-state index in [9.17, 15) is 0 Å². The van der Waals surface area contributed by atoms with E-state index in [2.05, 4.69) is 0 Å². The molecule has 0 aromatic carbocycles. The van der Waals surface area contributed by atoms with E-state index < -0.39 is 0 Å². The number of hydrogen-bond donors (Lipinski definition) is 2. The summed E-state index contributed by atoms with van der Waals surface area (Å²) in [7, 11) is 1.95. The van der Waals surface area contributed by atoms with Crippen LogP contribution < -0.4 is 0 Å². The molecule has 0 aromatic heterocycles. The van der Waals surface area contributed by atoms with Crippen LogP contribution in [0.4, 0.5) is 0 Å². The summed E-state index contributed by atoms with van der Waals surface area (Å²) in [5, 5.41) is 17.6. The number of ether oxygens (including phenoxy) is 1. The summed E-state index contributed by atoms with van der Waals surface area (Å²) < 4.78 is 5.31. The number of aliphatic hydroxyl groups excluding tert-OH is 2. The molecule has 1 saturated heterocycles. The molecule has 0 saturated carbocycles. The van der Waals surface area contributed by atoms with Gasteiger partial charge in [0.25, 0.3) is 0 Å². The standard InChI is InChI=1S/C7H15NO3/c1-8-2-6(4-9)11-7(3-8)5-10/h6-7,9-10H,2-5H2,1H3. The maximum Gasteiger partial charge on any atom is 0.0937 e. The minimum atomic E-state index is -0.133. The lowest BCUT2D eigenvalue weighted by Gasteiger charge is -2.34. The van der Waals surface area contributed by atoms with Crippen LogP contribution in [-0.4, -0.2) is 60.7 Å². The summed E-state index contributed by atoms with van der Waals surface area (Å²) in [6, 6.07) is 0. The molecule has 0 aromatic rings. The first-order valence-electron chi connectivity index (χ1n) is 3.82. The van der Waals surface area contributed by atoms with Crippen molar-refractivity contribution in [3.8, 4) is 0 Å². The number of hydrogen-bond acceptors (Lipinski definition) is 4. The highest BCUT2D eigenvalue weighted by Gasteiger charge is 2.24. The molecule has 1 rings (SSSR count). The Bertz CT molecular complexity index is 108. The first-order chi connectivity index (χ1) is 5.26. The maximum atomic E-state index is 8.79. The predicted molar refractivity (Wildman–Crippen MR) is 40.3 cm³/mol. The molecule has 66 valence electrons. The maximum absolute atomic E-state index is 8.79. The normalized spacial score (nSPS) is 34.1. The molecular formula is C7H15NO3. The molecule has 0 aliphatic carbocycles. The van der Waals surface area contributed by atoms with E-state index in [1.54, 1.807) is 0 Å². The predicted octanol–water partition coefficient (Wildman–Crippen LogP) is -1.33. The Morgan fingerprint density at radius 3 is 2.09 bits per heavy atom. The zero-order valence-corrected chi connectivity index (χ0v) is 6.73. The van der Waals surface area contributed by atoms with Gasteiger partial charge < -0.3 is 19.8 Å². The van der Waals surface area contributed by atoms with Crippen molar-refractivity contribution in [2.45, 2.75) is 12.2 Å². The first kappa shape index (κ1) is 8.93. The fourth-order valence-corrected chi connectivity index (χ4v) is 1.33. The first-order valence-corrected chi connectivity index (χ1v) is 3.82. The van der Waals surface area contributed by atoms with Gasteiger partial charge in [-0.05, 0) is 7.05 Å². The molecule has 0 radical (unpaired) electrons. The zero-order valence-electron chi connectivity index (χ0n) is 6.73. The Hall–Kier alpha value is -0.160. The van der Waals surface area contributed by atoms with E-state index >= 15 is 0 Å². The molecular weight excluding hydrogens is 146 g/mol. The van der Waals surface area contributed by atoms with Gasteiger partial charge in [-0.2, -0.15) is 0 Å². The SMILES string of the molecule is CN1CC(CO)OC(CO)C1. The molecule has 4 nitrogen and oxygen atoms in total. The molecule has 11 heavy (non-hydrogen) atoms. The van der Waals surface area contributed by atoms with Gasteiger partial charge in [-0.3, -0.25) is 0 Å². The van der Waals surface area contributed by atoms with Gasteiger partial charge in [0.15, 0.2) is 0 Å². The Morgan fingerprint density at radius 2 is 1.73 bits per heavy atom. The molecule has 0 spiro atoms. The van der Waals surface area contributed by atoms with Gasteiger partial charge in [0.2, 0.25) is 0 Å². The smallest absolute Gasteiger partial charge is 0.0937 e. The fraction of sp³-hybridized carbons (Fsp3) is 1.00. The molecule has 0 bridgehead atoms. The summed E-state index contributed by atoms with van der Waals surface area (Å²) in [6.45, 7) is 1.54. The van der Waals surface area contributed by atoms with Crippen molar-refractivity contribution in [2.24, 2.45) is 0 Å². The number of aliphatic hydroxyl groups is 2. The van der Waals surface area contributed by atoms with Crippen molar-refractivity contribution in [3.63, 3.8) is 0 Å². The Morgan fingerprint density at radius 1 is 1.27 bits per heavy atom. The minimum absolute atomic E-state index is 0.0286. The van der Waals surface area contributed by atoms with E-state index in [0.717, 1.165) is 13.1 Å². The van der Waals surface area contributed by atoms with Gasteiger partial charge in [0.05, 0.1) is 25.4 Å². The highest BCUT2D eigenvalue weighted by Crippen LogP contribution is 2.08. The second-order valence-corrected chi connectivity index (χ2v) is 2.97. The summed E-state index contributed by atoms with van der Waals surface area (Å²) in [5.41, 5.74) is 0. The fourth-order valence-electron chi connectivity index (χ4n) is 1.33. The van der Waals surface area contributed by atoms with Crippen LogP contribution in [0.3, 0.4) is 0 Å². The van der Waals surface area contributed by atoms with Crippen LogP contribution in [0.25, 0.3) is 0 Å². The van der Waals surface area contributed by atoms with E-state index in [1.807, 2.05) is 11.9 Å². The van der Waals surface area contributed by atoms with Crippen molar-refractivity contribution in [3.05, 3.63) is 0 Å². The summed E-state index contributed by atoms with van der Waals surface area (Å²) in [4.78, 5) is 2.05. The largest absolute Gasteiger partial charge is 0.394 e. The highest BCUT2D eigenvalue weighted by molar-refractivity contribution is 4.74. The topological polar surface area (TPSA) is 52.9 Å². The van der Waals surface area contributed by atoms with Crippen LogP contribution >= 0.6 is 0 Å². The van der Waals surface area contributed by atoms with Crippen LogP contribution in [0, 0.1) is 0 Å². The Kier molecular flexibility index (Phi) is 3.26. The van der Waals surface area contributed by atoms with Gasteiger partial charge in [-0.25, -0.2) is 0 Å². The summed E-state index contributed by atoms with van der Waals surface area (Å²) in [5.74, 6) is 0. The third kappa shape index (κ3) is 2.41. The van der Waals surface area contributed by atoms with E-state index in [4.69, 9.17) is 14.9 Å². The Balaban J connectivity index is 2.37. The molecule has 4 heteroatoms. The lowest BCUT2D eigenvalue weighted by Crippen LogP contribution is -2.48. The van der Waals surface area contributed by atoms with Crippen molar-refractivity contribution in [1.82, 2.24) is 4.90 Å². The average Bonchev–Trinajstić information content (AvgIpc) is 2.03. The summed E-state index contributed by atoms with van der Waals surface area (Å²) in [6.07, 6.45) is -0.267. The zero-order chi connectivity index (χ0) is 8.27. The van der Waals surface area contributed by atoms with Crippen LogP contribution in [0.2, 0.25) is 0 Å². The van der Waals surface area contributed by atoms with Crippen molar-refractivity contribution in [2.75, 3.05) is 33.4 Å². The second-order valence-electron chi connectivity index (χ2n) is 2.97. The van der Waals surface area contributed by atoms with Gasteiger partial charge in [0.1, 0.15) is 0 Å². The van der Waals surface area contributed by atoms with Crippen molar-refractivity contribution < 1.29 is 14.9 Å². The van der Waals surface area contributed by atoms with Crippen molar-refractivity contribution >= 4 is 0 Å². The molecule has 1 aliphatic rings. The number of likely N-dealkylation sites (N-methyl/N-ethyl adjacent to an activating group) is 1. The monoisotopic (exact) mass is 161 g/mol. The van der Waals surface area contributed by atoms with Crippen LogP contribution in [-0.2, 0) is 4.74 Å². The third-order valence-electron chi connectivity index (χ3n) is 1.82. The average molecular weight is 161 g/mol. The lowest BCUT2D eigenvalue weighted by molar-refractivity contribution is -0.112. The lowest BCUT2D eigenvalue weighted by atomic mass is 10.2. The Labute approximate surface area is 66.4 Å². The van der Waals surface area contributed by atoms with Crippen molar-refractivity contribution in [1.29, 1.82) is 0 Å². The highest BCUT2D eigenvalue weighted by atomic mass is 16.5. The van der Waals surface area contributed by atoms with Gasteiger partial charge >= 0.3 is 0 Å². The minimum Gasteiger partial charge on any atom is -0.394 e. The third-order valence-corrected chi connectivity index (χ3v) is 1.82. The quantitative estimate of drug-likeness (QED) is 0.527. The number of nitrogens with zero attached hydrogens (tertiary/aromatic N) is 1. The molecule has 2 N–H and O–H groups in total. The second kappa shape index (κ2) is 4.01. The molecule has 2 unspecified atom stereocenters. The van der Waals surface area contributed by atoms with Crippen LogP contribution in [0.5, 0.6) is 0 Å². The van der Waals surface area contributed by atoms with Crippen LogP contribution in [0.15, 0.2) is 0 Å². The van der Waals surface area contributed by atoms with E-state index in [0.29, 0.717) is 0 Å². The van der Waals surface area contributed by atoms with Gasteiger partial charge in [-0.1, -0.05) is 0 Å². The van der Waals surface area contributed by atoms with Gasteiger partial charge in [-0.15, -0.1) is 0 Å². The number of rotatable bonds is 2. The number of morpholine rings is 1. The molecule has 1 heterocycles. The van der Waals surface area contributed by atoms with E-state index in [1.165, 1.54) is 0 Å². The molecule has 0 amide bonds. The van der Waals surface area contributed by atoms with Gasteiger partial charge in [0, 0.05) is 13.1 Å². The molecule has 1 fully saturated rings. The van der Waals surface area contributed by atoms with Crippen LogP contribution in [0.1, 0.15) is 0 Å².